The zero-order chi connectivity index (χ0) is 22.7. The van der Waals surface area contributed by atoms with Crippen LogP contribution in [0.2, 0.25) is 0 Å². The first-order valence-electron chi connectivity index (χ1n) is 9.74. The molecule has 0 aliphatic carbocycles. The quantitative estimate of drug-likeness (QED) is 0.166. The second kappa shape index (κ2) is 12.7. The van der Waals surface area contributed by atoms with Crippen LogP contribution in [0.15, 0.2) is 5.11 Å². The van der Waals surface area contributed by atoms with Crippen LogP contribution in [-0.4, -0.2) is 61.1 Å². The van der Waals surface area contributed by atoms with E-state index in [2.05, 4.69) is 10.0 Å². The number of hydrogen-bond acceptors (Lipinski definition) is 10. The number of hydrogen-bond donors (Lipinski definition) is 0. The maximum Gasteiger partial charge on any atom is 0.306 e. The van der Waals surface area contributed by atoms with Crippen LogP contribution >= 0.6 is 0 Å². The van der Waals surface area contributed by atoms with Gasteiger partial charge in [0.1, 0.15) is 12.7 Å². The normalized spacial score (nSPS) is 25.4. The van der Waals surface area contributed by atoms with Crippen molar-refractivity contribution in [1.29, 1.82) is 0 Å². The van der Waals surface area contributed by atoms with Crippen molar-refractivity contribution in [3.05, 3.63) is 10.4 Å². The fraction of sp³-hybridized carbons (Fsp3) is 0.778. The van der Waals surface area contributed by atoms with Gasteiger partial charge in [0.2, 0.25) is 0 Å². The van der Waals surface area contributed by atoms with Crippen LogP contribution in [0.1, 0.15) is 53.4 Å². The molecule has 0 radical (unpaired) electrons. The Bertz CT molecular complexity index is 678. The van der Waals surface area contributed by atoms with Gasteiger partial charge in [-0.15, -0.1) is 0 Å². The van der Waals surface area contributed by atoms with Crippen LogP contribution in [0.25, 0.3) is 10.4 Å². The highest BCUT2D eigenvalue weighted by atomic mass is 16.7. The van der Waals surface area contributed by atoms with Gasteiger partial charge in [0.15, 0.2) is 24.5 Å². The topological polar surface area (TPSA) is 163 Å². The highest BCUT2D eigenvalue weighted by Gasteiger charge is 2.52. The molecule has 1 rings (SSSR count). The van der Waals surface area contributed by atoms with Gasteiger partial charge in [0.25, 0.3) is 0 Å². The van der Waals surface area contributed by atoms with Gasteiger partial charge in [0, 0.05) is 30.6 Å². The first kappa shape index (κ1) is 25.2. The van der Waals surface area contributed by atoms with E-state index in [1.165, 1.54) is 0 Å². The Morgan fingerprint density at radius 1 is 0.800 bits per heavy atom. The van der Waals surface area contributed by atoms with Gasteiger partial charge in [-0.1, -0.05) is 32.8 Å². The predicted molar refractivity (Wildman–Crippen MR) is 99.6 cm³/mol. The molecule has 1 aliphatic rings. The molecule has 5 atom stereocenters. The molecular weight excluding hydrogens is 402 g/mol. The Labute approximate surface area is 173 Å². The summed E-state index contributed by atoms with van der Waals surface area (Å²) in [5.74, 6) is -2.52. The molecule has 0 amide bonds. The largest absolute Gasteiger partial charge is 0.463 e. The lowest BCUT2D eigenvalue weighted by atomic mass is 9.97. The summed E-state index contributed by atoms with van der Waals surface area (Å²) in [5, 5.41) is 3.48. The van der Waals surface area contributed by atoms with Crippen molar-refractivity contribution in [2.24, 2.45) is 5.11 Å². The molecule has 0 aromatic heterocycles. The summed E-state index contributed by atoms with van der Waals surface area (Å²) in [6.45, 7) is 5.88. The predicted octanol–water partition coefficient (Wildman–Crippen LogP) is 1.94. The standard InChI is InChI=1S/C18H27N3O9/c1-5-11(22)26-9-10-15(28-12(23)6-2)16(29-13(24)7-3)17(30-14(25)8-4)18(27-10)20-21-19/h10,15-18H,5-9H2,1-4H3/t10-,15+,16+,17-,18-/m1/s1. The molecule has 0 saturated carbocycles. The van der Waals surface area contributed by atoms with Gasteiger partial charge < -0.3 is 23.7 Å². The number of azide groups is 1. The maximum absolute atomic E-state index is 12.0. The van der Waals surface area contributed by atoms with E-state index in [0.29, 0.717) is 0 Å². The van der Waals surface area contributed by atoms with E-state index in [4.69, 9.17) is 29.2 Å². The fourth-order valence-corrected chi connectivity index (χ4v) is 2.56. The van der Waals surface area contributed by atoms with Crippen LogP contribution in [0.3, 0.4) is 0 Å². The van der Waals surface area contributed by atoms with E-state index >= 15 is 0 Å². The van der Waals surface area contributed by atoms with Crippen molar-refractivity contribution >= 4 is 23.9 Å². The van der Waals surface area contributed by atoms with Crippen LogP contribution in [0, 0.1) is 0 Å². The number of rotatable bonds is 10. The Morgan fingerprint density at radius 2 is 1.27 bits per heavy atom. The molecule has 12 heteroatoms. The summed E-state index contributed by atoms with van der Waals surface area (Å²) in [5.41, 5.74) is 8.89. The van der Waals surface area contributed by atoms with Crippen molar-refractivity contribution in [1.82, 2.24) is 0 Å². The number of carbonyl (C=O) groups is 4. The minimum absolute atomic E-state index is 0.00556. The number of nitrogens with zero attached hydrogens (tertiary/aromatic N) is 3. The fourth-order valence-electron chi connectivity index (χ4n) is 2.56. The Hall–Kier alpha value is -2.85. The van der Waals surface area contributed by atoms with Gasteiger partial charge in [-0.3, -0.25) is 19.2 Å². The molecule has 12 nitrogen and oxygen atoms in total. The van der Waals surface area contributed by atoms with Crippen molar-refractivity contribution in [2.75, 3.05) is 6.61 Å². The van der Waals surface area contributed by atoms with E-state index in [9.17, 15) is 19.2 Å². The van der Waals surface area contributed by atoms with Gasteiger partial charge in [-0.05, 0) is 5.53 Å². The summed E-state index contributed by atoms with van der Waals surface area (Å²) in [6.07, 6.45) is -6.41. The van der Waals surface area contributed by atoms with Crippen molar-refractivity contribution < 1.29 is 42.9 Å². The number of ether oxygens (including phenoxy) is 5. The van der Waals surface area contributed by atoms with E-state index < -0.39 is 54.5 Å². The highest BCUT2D eigenvalue weighted by Crippen LogP contribution is 2.30. The molecule has 0 unspecified atom stereocenters. The third-order valence-electron chi connectivity index (χ3n) is 4.14. The first-order chi connectivity index (χ1) is 14.3. The number of esters is 4. The zero-order valence-electron chi connectivity index (χ0n) is 17.4. The molecule has 0 bridgehead atoms. The smallest absolute Gasteiger partial charge is 0.306 e. The Balaban J connectivity index is 3.35. The van der Waals surface area contributed by atoms with Gasteiger partial charge in [-0.2, -0.15) is 0 Å². The number of carbonyl (C=O) groups excluding carboxylic acids is 4. The van der Waals surface area contributed by atoms with Crippen LogP contribution in [0.5, 0.6) is 0 Å². The molecule has 1 fully saturated rings. The molecule has 0 N–H and O–H groups in total. The lowest BCUT2D eigenvalue weighted by Crippen LogP contribution is -2.62. The molecule has 1 aliphatic heterocycles. The third kappa shape index (κ3) is 7.20. The monoisotopic (exact) mass is 429 g/mol. The molecule has 30 heavy (non-hydrogen) atoms. The lowest BCUT2D eigenvalue weighted by Gasteiger charge is -2.43. The minimum Gasteiger partial charge on any atom is -0.463 e. The third-order valence-corrected chi connectivity index (χ3v) is 4.14. The van der Waals surface area contributed by atoms with E-state index in [0.717, 1.165) is 0 Å². The average molecular weight is 429 g/mol. The zero-order valence-corrected chi connectivity index (χ0v) is 17.4. The Kier molecular flexibility index (Phi) is 10.6. The molecule has 0 aromatic carbocycles. The lowest BCUT2D eigenvalue weighted by molar-refractivity contribution is -0.252. The summed E-state index contributed by atoms with van der Waals surface area (Å²) in [7, 11) is 0. The second-order valence-electron chi connectivity index (χ2n) is 6.23. The summed E-state index contributed by atoms with van der Waals surface area (Å²) >= 11 is 0. The van der Waals surface area contributed by atoms with Crippen LogP contribution in [-0.2, 0) is 42.9 Å². The minimum atomic E-state index is -1.40. The van der Waals surface area contributed by atoms with E-state index in [1.807, 2.05) is 0 Å². The van der Waals surface area contributed by atoms with Crippen LogP contribution < -0.4 is 0 Å². The Morgan fingerprint density at radius 3 is 1.73 bits per heavy atom. The summed E-state index contributed by atoms with van der Waals surface area (Å²) in [4.78, 5) is 50.2. The molecule has 0 spiro atoms. The van der Waals surface area contributed by atoms with E-state index in [-0.39, 0.29) is 32.3 Å². The molecule has 0 aromatic rings. The van der Waals surface area contributed by atoms with Crippen molar-refractivity contribution in [3.63, 3.8) is 0 Å². The van der Waals surface area contributed by atoms with Crippen molar-refractivity contribution in [2.45, 2.75) is 84.0 Å². The maximum atomic E-state index is 12.0. The van der Waals surface area contributed by atoms with E-state index in [1.54, 1.807) is 27.7 Å². The first-order valence-corrected chi connectivity index (χ1v) is 9.74. The van der Waals surface area contributed by atoms with Gasteiger partial charge >= 0.3 is 23.9 Å². The molecular formula is C18H27N3O9. The van der Waals surface area contributed by atoms with Crippen molar-refractivity contribution in [3.8, 4) is 0 Å². The molecule has 1 heterocycles. The molecule has 1 saturated heterocycles. The second-order valence-corrected chi connectivity index (χ2v) is 6.23. The highest BCUT2D eigenvalue weighted by molar-refractivity contribution is 5.71. The summed E-state index contributed by atoms with van der Waals surface area (Å²) in [6, 6.07) is 0. The van der Waals surface area contributed by atoms with Gasteiger partial charge in [0.05, 0.1) is 0 Å². The SMILES string of the molecule is CCC(=O)OC[C@H]1O[C@@H](N=[N+]=[N-])[C@H](OC(=O)CC)[C@@H](OC(=O)CC)[C@H]1OC(=O)CC. The van der Waals surface area contributed by atoms with Crippen LogP contribution in [0.4, 0.5) is 0 Å². The summed E-state index contributed by atoms with van der Waals surface area (Å²) < 4.78 is 26.8. The van der Waals surface area contributed by atoms with Gasteiger partial charge in [-0.25, -0.2) is 0 Å². The molecule has 168 valence electrons. The average Bonchev–Trinajstić information content (AvgIpc) is 2.75.